The molecule has 0 amide bonds. The second kappa shape index (κ2) is 5.66. The highest BCUT2D eigenvalue weighted by Crippen LogP contribution is 2.33. The molecule has 106 valence electrons. The van der Waals surface area contributed by atoms with Crippen LogP contribution in [0.5, 0.6) is 0 Å². The van der Waals surface area contributed by atoms with E-state index in [-0.39, 0.29) is 5.78 Å². The third kappa shape index (κ3) is 3.04. The van der Waals surface area contributed by atoms with Crippen LogP contribution in [-0.4, -0.2) is 15.8 Å². The first-order valence-corrected chi connectivity index (χ1v) is 8.08. The van der Waals surface area contributed by atoms with Gasteiger partial charge in [0.05, 0.1) is 11.0 Å². The van der Waals surface area contributed by atoms with Crippen LogP contribution in [0.4, 0.5) is 0 Å². The molecule has 1 N–H and O–H groups in total. The van der Waals surface area contributed by atoms with Crippen molar-refractivity contribution < 1.29 is 4.79 Å². The van der Waals surface area contributed by atoms with E-state index >= 15 is 0 Å². The third-order valence-corrected chi connectivity index (χ3v) is 5.04. The van der Waals surface area contributed by atoms with Gasteiger partial charge in [0.25, 0.3) is 0 Å². The standard InChI is InChI=1S/C16H13BrN2OS/c1-9-3-5-13-14(7-9)19-16(18-13)21-15-6-4-11(10(2)20)8-12(15)17/h3-8H,1-2H3,(H,18,19). The van der Waals surface area contributed by atoms with E-state index in [1.807, 2.05) is 24.3 Å². The molecule has 3 rings (SSSR count). The van der Waals surface area contributed by atoms with E-state index in [2.05, 4.69) is 45.0 Å². The molecule has 1 aromatic heterocycles. The van der Waals surface area contributed by atoms with Gasteiger partial charge < -0.3 is 4.98 Å². The average molecular weight is 361 g/mol. The van der Waals surface area contributed by atoms with Crippen LogP contribution in [-0.2, 0) is 0 Å². The molecule has 0 saturated heterocycles. The number of halogens is 1. The highest BCUT2D eigenvalue weighted by Gasteiger charge is 2.09. The molecule has 3 nitrogen and oxygen atoms in total. The lowest BCUT2D eigenvalue weighted by Gasteiger charge is -2.03. The van der Waals surface area contributed by atoms with Gasteiger partial charge in [-0.05, 0) is 59.6 Å². The Labute approximate surface area is 135 Å². The minimum absolute atomic E-state index is 0.0615. The van der Waals surface area contributed by atoms with Gasteiger partial charge >= 0.3 is 0 Å². The van der Waals surface area contributed by atoms with Gasteiger partial charge in [0.15, 0.2) is 10.9 Å². The molecular weight excluding hydrogens is 348 g/mol. The number of nitrogens with one attached hydrogen (secondary N) is 1. The van der Waals surface area contributed by atoms with E-state index in [1.165, 1.54) is 5.56 Å². The van der Waals surface area contributed by atoms with Gasteiger partial charge in [-0.15, -0.1) is 0 Å². The summed E-state index contributed by atoms with van der Waals surface area (Å²) in [6.07, 6.45) is 0. The predicted molar refractivity (Wildman–Crippen MR) is 89.1 cm³/mol. The Kier molecular flexibility index (Phi) is 3.87. The van der Waals surface area contributed by atoms with Crippen molar-refractivity contribution in [3.63, 3.8) is 0 Å². The van der Waals surface area contributed by atoms with Gasteiger partial charge in [0.2, 0.25) is 0 Å². The number of carbonyl (C=O) groups is 1. The molecule has 0 fully saturated rings. The highest BCUT2D eigenvalue weighted by molar-refractivity contribution is 9.10. The second-order valence-electron chi connectivity index (χ2n) is 4.87. The molecule has 0 aliphatic carbocycles. The first-order chi connectivity index (χ1) is 10.0. The number of Topliss-reactive ketones (excluding diaryl/α,β-unsaturated/α-hetero) is 1. The van der Waals surface area contributed by atoms with Gasteiger partial charge in [-0.3, -0.25) is 4.79 Å². The van der Waals surface area contributed by atoms with Gasteiger partial charge in [-0.2, -0.15) is 0 Å². The molecule has 0 aliphatic rings. The topological polar surface area (TPSA) is 45.8 Å². The van der Waals surface area contributed by atoms with E-state index in [4.69, 9.17) is 0 Å². The average Bonchev–Trinajstić information content (AvgIpc) is 2.82. The Morgan fingerprint density at radius 3 is 2.76 bits per heavy atom. The minimum Gasteiger partial charge on any atom is -0.333 e. The summed E-state index contributed by atoms with van der Waals surface area (Å²) >= 11 is 5.06. The first-order valence-electron chi connectivity index (χ1n) is 6.47. The lowest BCUT2D eigenvalue weighted by Crippen LogP contribution is -1.91. The van der Waals surface area contributed by atoms with Gasteiger partial charge in [-0.1, -0.05) is 23.9 Å². The van der Waals surface area contributed by atoms with Gasteiger partial charge in [-0.25, -0.2) is 4.98 Å². The number of hydrogen-bond donors (Lipinski definition) is 1. The predicted octanol–water partition coefficient (Wildman–Crippen LogP) is 4.99. The van der Waals surface area contributed by atoms with Crippen molar-refractivity contribution in [1.29, 1.82) is 0 Å². The molecule has 5 heteroatoms. The summed E-state index contributed by atoms with van der Waals surface area (Å²) in [5.41, 5.74) is 3.90. The van der Waals surface area contributed by atoms with Gasteiger partial charge in [0, 0.05) is 14.9 Å². The maximum atomic E-state index is 11.4. The summed E-state index contributed by atoms with van der Waals surface area (Å²) in [5.74, 6) is 0.0615. The number of H-pyrrole nitrogens is 1. The number of benzene rings is 2. The zero-order valence-corrected chi connectivity index (χ0v) is 14.0. The largest absolute Gasteiger partial charge is 0.333 e. The number of aromatic amines is 1. The van der Waals surface area contributed by atoms with E-state index < -0.39 is 0 Å². The Bertz CT molecular complexity index is 841. The van der Waals surface area contributed by atoms with E-state index in [0.29, 0.717) is 5.56 Å². The van der Waals surface area contributed by atoms with Crippen molar-refractivity contribution >= 4 is 44.5 Å². The smallest absolute Gasteiger partial charge is 0.171 e. The molecular formula is C16H13BrN2OS. The molecule has 0 aliphatic heterocycles. The molecule has 3 aromatic rings. The zero-order chi connectivity index (χ0) is 15.0. The van der Waals surface area contributed by atoms with Crippen LogP contribution in [0.3, 0.4) is 0 Å². The molecule has 0 saturated carbocycles. The quantitative estimate of drug-likeness (QED) is 0.669. The summed E-state index contributed by atoms with van der Waals surface area (Å²) < 4.78 is 0.900. The maximum absolute atomic E-state index is 11.4. The monoisotopic (exact) mass is 360 g/mol. The number of hydrogen-bond acceptors (Lipinski definition) is 3. The fraction of sp³-hybridized carbons (Fsp3) is 0.125. The van der Waals surface area contributed by atoms with E-state index in [0.717, 1.165) is 25.6 Å². The molecule has 21 heavy (non-hydrogen) atoms. The molecule has 0 atom stereocenters. The lowest BCUT2D eigenvalue weighted by atomic mass is 10.2. The van der Waals surface area contributed by atoms with Crippen LogP contribution in [0.2, 0.25) is 0 Å². The first kappa shape index (κ1) is 14.4. The number of rotatable bonds is 3. The number of carbonyl (C=O) groups excluding carboxylic acids is 1. The molecule has 0 spiro atoms. The van der Waals surface area contributed by atoms with Crippen LogP contribution in [0, 0.1) is 6.92 Å². The fourth-order valence-corrected chi connectivity index (χ4v) is 3.48. The number of imidazole rings is 1. The van der Waals surface area contributed by atoms with Crippen molar-refractivity contribution in [1.82, 2.24) is 9.97 Å². The molecule has 1 heterocycles. The van der Waals surface area contributed by atoms with Crippen LogP contribution in [0.25, 0.3) is 11.0 Å². The molecule has 0 unspecified atom stereocenters. The lowest BCUT2D eigenvalue weighted by molar-refractivity contribution is 0.101. The van der Waals surface area contributed by atoms with Crippen LogP contribution >= 0.6 is 27.7 Å². The van der Waals surface area contributed by atoms with Gasteiger partial charge in [0.1, 0.15) is 0 Å². The van der Waals surface area contributed by atoms with Crippen molar-refractivity contribution in [3.8, 4) is 0 Å². The van der Waals surface area contributed by atoms with Crippen LogP contribution < -0.4 is 0 Å². The maximum Gasteiger partial charge on any atom is 0.171 e. The summed E-state index contributed by atoms with van der Waals surface area (Å²) in [5, 5.41) is 0.840. The second-order valence-corrected chi connectivity index (χ2v) is 6.75. The number of ketones is 1. The minimum atomic E-state index is 0.0615. The fourth-order valence-electron chi connectivity index (χ4n) is 2.06. The SMILES string of the molecule is CC(=O)c1ccc(Sc2nc3ccc(C)cc3[nH]2)c(Br)c1. The Balaban J connectivity index is 1.93. The van der Waals surface area contributed by atoms with E-state index in [1.54, 1.807) is 18.7 Å². The van der Waals surface area contributed by atoms with E-state index in [9.17, 15) is 4.79 Å². The normalized spacial score (nSPS) is 11.0. The molecule has 0 radical (unpaired) electrons. The summed E-state index contributed by atoms with van der Waals surface area (Å²) in [6.45, 7) is 3.63. The summed E-state index contributed by atoms with van der Waals surface area (Å²) in [4.78, 5) is 20.3. The van der Waals surface area contributed by atoms with Crippen molar-refractivity contribution in [2.75, 3.05) is 0 Å². The number of aromatic nitrogens is 2. The van der Waals surface area contributed by atoms with Crippen molar-refractivity contribution in [2.45, 2.75) is 23.9 Å². The highest BCUT2D eigenvalue weighted by atomic mass is 79.9. The van der Waals surface area contributed by atoms with Crippen molar-refractivity contribution in [3.05, 3.63) is 52.0 Å². The van der Waals surface area contributed by atoms with Crippen LogP contribution in [0.1, 0.15) is 22.8 Å². The van der Waals surface area contributed by atoms with Crippen molar-refractivity contribution in [2.24, 2.45) is 0 Å². The Hall–Kier alpha value is -1.59. The summed E-state index contributed by atoms with van der Waals surface area (Å²) in [7, 11) is 0. The number of nitrogens with zero attached hydrogens (tertiary/aromatic N) is 1. The number of fused-ring (bicyclic) bond motifs is 1. The Morgan fingerprint density at radius 2 is 2.05 bits per heavy atom. The third-order valence-electron chi connectivity index (χ3n) is 3.16. The molecule has 0 bridgehead atoms. The van der Waals surface area contributed by atoms with Crippen LogP contribution in [0.15, 0.2) is 50.9 Å². The number of aryl methyl sites for hydroxylation is 1. The molecule has 2 aromatic carbocycles. The Morgan fingerprint density at radius 1 is 1.24 bits per heavy atom. The zero-order valence-electron chi connectivity index (χ0n) is 11.6. The summed E-state index contributed by atoms with van der Waals surface area (Å²) in [6, 6.07) is 11.8.